The van der Waals surface area contributed by atoms with Gasteiger partial charge in [-0.3, -0.25) is 0 Å². The fourth-order valence-electron chi connectivity index (χ4n) is 4.55. The second-order valence-electron chi connectivity index (χ2n) is 8.00. The summed E-state index contributed by atoms with van der Waals surface area (Å²) in [4.78, 5) is 3.40. The van der Waals surface area contributed by atoms with Crippen molar-refractivity contribution in [3.05, 3.63) is 76.6 Å². The predicted octanol–water partition coefficient (Wildman–Crippen LogP) is 5.73. The minimum atomic E-state index is 0.643. The number of H-pyrrole nitrogens is 1. The molecule has 2 heteroatoms. The van der Waals surface area contributed by atoms with Gasteiger partial charge in [0.2, 0.25) is 0 Å². The Labute approximate surface area is 173 Å². The summed E-state index contributed by atoms with van der Waals surface area (Å²) in [6.07, 6.45) is 3.39. The third-order valence-corrected chi connectivity index (χ3v) is 6.22. The molecule has 0 saturated carbocycles. The Balaban J connectivity index is 2.17. The Morgan fingerprint density at radius 1 is 0.897 bits per heavy atom. The van der Waals surface area contributed by atoms with Gasteiger partial charge in [-0.05, 0) is 42.5 Å². The van der Waals surface area contributed by atoms with E-state index in [1.54, 1.807) is 0 Å². The van der Waals surface area contributed by atoms with Gasteiger partial charge in [-0.25, -0.2) is 0 Å². The van der Waals surface area contributed by atoms with Crippen LogP contribution in [0.4, 0.5) is 0 Å². The molecule has 2 aromatic carbocycles. The van der Waals surface area contributed by atoms with E-state index in [2.05, 4.69) is 98.1 Å². The first-order valence-electron chi connectivity index (χ1n) is 10.6. The number of aryl methyl sites for hydroxylation is 1. The van der Waals surface area contributed by atoms with Crippen molar-refractivity contribution in [2.75, 3.05) is 0 Å². The van der Waals surface area contributed by atoms with Gasteiger partial charge in [0.1, 0.15) is 0 Å². The first-order valence-corrected chi connectivity index (χ1v) is 10.6. The van der Waals surface area contributed by atoms with Crippen LogP contribution in [-0.4, -0.2) is 9.55 Å². The number of nitrogens with zero attached hydrogens (tertiary/aromatic N) is 1. The fourth-order valence-corrected chi connectivity index (χ4v) is 4.55. The van der Waals surface area contributed by atoms with Gasteiger partial charge in [0, 0.05) is 27.7 Å². The summed E-state index contributed by atoms with van der Waals surface area (Å²) in [5.41, 5.74) is 7.59. The summed E-state index contributed by atoms with van der Waals surface area (Å²) < 4.78 is 2.42. The first kappa shape index (κ1) is 19.3. The summed E-state index contributed by atoms with van der Waals surface area (Å²) in [6.45, 7) is 15.5. The lowest BCUT2D eigenvalue weighted by Crippen LogP contribution is -2.14. The molecule has 2 aromatic heterocycles. The molecule has 1 N–H and O–H groups in total. The number of hydrogen-bond acceptors (Lipinski definition) is 0. The topological polar surface area (TPSA) is 20.7 Å². The number of aromatic amines is 1. The van der Waals surface area contributed by atoms with E-state index >= 15 is 0 Å². The van der Waals surface area contributed by atoms with Gasteiger partial charge in [0.05, 0.1) is 10.9 Å². The van der Waals surface area contributed by atoms with Gasteiger partial charge in [-0.2, -0.15) is 0 Å². The second kappa shape index (κ2) is 7.79. The molecule has 0 spiro atoms. The summed E-state index contributed by atoms with van der Waals surface area (Å²) in [7, 11) is 0. The van der Waals surface area contributed by atoms with Crippen LogP contribution in [0.15, 0.2) is 54.6 Å². The highest BCUT2D eigenvalue weighted by atomic mass is 15.0. The van der Waals surface area contributed by atoms with Gasteiger partial charge < -0.3 is 9.55 Å². The molecule has 4 aromatic rings. The van der Waals surface area contributed by atoms with Crippen LogP contribution in [0.5, 0.6) is 0 Å². The van der Waals surface area contributed by atoms with Crippen LogP contribution in [0.2, 0.25) is 0 Å². The van der Waals surface area contributed by atoms with Crippen molar-refractivity contribution < 1.29 is 0 Å². The molecule has 2 nitrogen and oxygen atoms in total. The highest BCUT2D eigenvalue weighted by Gasteiger charge is 2.24. The maximum absolute atomic E-state index is 4.34. The summed E-state index contributed by atoms with van der Waals surface area (Å²) in [5, 5.41) is 3.08. The maximum Gasteiger partial charge on any atom is 0.0788 e. The standard InChI is InChI=1S/C27H30N2/c1-6-21(7-2)17-24-26(23-16-12-11-13-18(23)3)25-19(4)28-20(5)27(25)29(24)22-14-9-8-10-15-22/h8-16,21,28H,4-7,17H2,1-3H3. The molecular weight excluding hydrogens is 352 g/mol. The van der Waals surface area contributed by atoms with Crippen LogP contribution < -0.4 is 10.7 Å². The van der Waals surface area contributed by atoms with Crippen molar-refractivity contribution in [3.8, 4) is 16.8 Å². The van der Waals surface area contributed by atoms with Crippen LogP contribution in [0.1, 0.15) is 37.9 Å². The van der Waals surface area contributed by atoms with Crippen molar-refractivity contribution in [3.63, 3.8) is 0 Å². The van der Waals surface area contributed by atoms with Crippen LogP contribution in [-0.2, 0) is 6.42 Å². The van der Waals surface area contributed by atoms with E-state index in [9.17, 15) is 0 Å². The van der Waals surface area contributed by atoms with Crippen molar-refractivity contribution in [1.82, 2.24) is 9.55 Å². The Morgan fingerprint density at radius 3 is 2.21 bits per heavy atom. The number of rotatable bonds is 6. The largest absolute Gasteiger partial charge is 0.354 e. The molecule has 0 amide bonds. The van der Waals surface area contributed by atoms with Crippen LogP contribution in [0.25, 0.3) is 40.9 Å². The van der Waals surface area contributed by atoms with E-state index in [0.717, 1.165) is 22.6 Å². The van der Waals surface area contributed by atoms with E-state index < -0.39 is 0 Å². The Bertz CT molecular complexity index is 1240. The molecule has 0 fully saturated rings. The zero-order chi connectivity index (χ0) is 20.5. The first-order chi connectivity index (χ1) is 14.1. The second-order valence-corrected chi connectivity index (χ2v) is 8.00. The number of fused-ring (bicyclic) bond motifs is 1. The van der Waals surface area contributed by atoms with Crippen LogP contribution in [0, 0.1) is 12.8 Å². The summed E-state index contributed by atoms with van der Waals surface area (Å²) >= 11 is 0. The van der Waals surface area contributed by atoms with Crippen LogP contribution in [0.3, 0.4) is 0 Å². The zero-order valence-corrected chi connectivity index (χ0v) is 17.8. The fraction of sp³-hybridized carbons (Fsp3) is 0.259. The highest BCUT2D eigenvalue weighted by Crippen LogP contribution is 2.37. The molecular formula is C27H30N2. The molecule has 0 atom stereocenters. The molecule has 29 heavy (non-hydrogen) atoms. The molecule has 0 radical (unpaired) electrons. The minimum absolute atomic E-state index is 0.643. The number of benzene rings is 2. The number of hydrogen-bond donors (Lipinski definition) is 1. The normalized spacial score (nSPS) is 11.6. The molecule has 0 unspecified atom stereocenters. The van der Waals surface area contributed by atoms with Gasteiger partial charge in [-0.1, -0.05) is 82.3 Å². The van der Waals surface area contributed by atoms with Crippen molar-refractivity contribution in [2.45, 2.75) is 40.0 Å². The van der Waals surface area contributed by atoms with Crippen molar-refractivity contribution >= 4 is 24.1 Å². The van der Waals surface area contributed by atoms with E-state index in [0.29, 0.717) is 5.92 Å². The molecule has 2 heterocycles. The lowest BCUT2D eigenvalue weighted by Gasteiger charge is -2.18. The SMILES string of the molecule is C=c1[nH]c(=C)c2c1c(-c1ccccc1C)c(CC(CC)CC)n2-c1ccccc1. The summed E-state index contributed by atoms with van der Waals surface area (Å²) in [6, 6.07) is 19.3. The molecule has 4 rings (SSSR count). The molecule has 0 aliphatic rings. The van der Waals surface area contributed by atoms with Gasteiger partial charge in [0.25, 0.3) is 0 Å². The van der Waals surface area contributed by atoms with Gasteiger partial charge in [0.15, 0.2) is 0 Å². The van der Waals surface area contributed by atoms with Crippen LogP contribution >= 0.6 is 0 Å². The zero-order valence-electron chi connectivity index (χ0n) is 17.8. The third-order valence-electron chi connectivity index (χ3n) is 6.22. The minimum Gasteiger partial charge on any atom is -0.354 e. The van der Waals surface area contributed by atoms with Crippen molar-refractivity contribution in [1.29, 1.82) is 0 Å². The molecule has 0 aliphatic carbocycles. The smallest absolute Gasteiger partial charge is 0.0788 e. The van der Waals surface area contributed by atoms with Gasteiger partial charge >= 0.3 is 0 Å². The Kier molecular flexibility index (Phi) is 5.19. The quantitative estimate of drug-likeness (QED) is 0.439. The predicted molar refractivity (Wildman–Crippen MR) is 126 cm³/mol. The summed E-state index contributed by atoms with van der Waals surface area (Å²) in [5.74, 6) is 0.643. The lowest BCUT2D eigenvalue weighted by atomic mass is 9.91. The van der Waals surface area contributed by atoms with Gasteiger partial charge in [-0.15, -0.1) is 0 Å². The number of para-hydroxylation sites is 1. The van der Waals surface area contributed by atoms with E-state index in [1.165, 1.54) is 46.3 Å². The average molecular weight is 383 g/mol. The Morgan fingerprint density at radius 2 is 1.55 bits per heavy atom. The monoisotopic (exact) mass is 382 g/mol. The number of aromatic nitrogens is 2. The molecule has 0 aliphatic heterocycles. The number of nitrogens with one attached hydrogen (secondary N) is 1. The Hall–Kier alpha value is -3.00. The van der Waals surface area contributed by atoms with E-state index in [1.807, 2.05) is 0 Å². The van der Waals surface area contributed by atoms with Crippen molar-refractivity contribution in [2.24, 2.45) is 5.92 Å². The highest BCUT2D eigenvalue weighted by molar-refractivity contribution is 6.00. The maximum atomic E-state index is 4.34. The average Bonchev–Trinajstić information content (AvgIpc) is 3.21. The van der Waals surface area contributed by atoms with E-state index in [4.69, 9.17) is 0 Å². The van der Waals surface area contributed by atoms with E-state index in [-0.39, 0.29) is 0 Å². The lowest BCUT2D eigenvalue weighted by molar-refractivity contribution is 0.483. The third kappa shape index (κ3) is 3.23. The molecule has 0 bridgehead atoms. The molecule has 0 saturated heterocycles. The molecule has 148 valence electrons.